The van der Waals surface area contributed by atoms with Crippen LogP contribution in [0.5, 0.6) is 5.88 Å². The minimum atomic E-state index is -1.02. The molecule has 1 aromatic heterocycles. The van der Waals surface area contributed by atoms with Gasteiger partial charge in [0.1, 0.15) is 0 Å². The van der Waals surface area contributed by atoms with E-state index in [9.17, 15) is 19.8 Å². The number of aryl methyl sites for hydroxylation is 1. The summed E-state index contributed by atoms with van der Waals surface area (Å²) in [6.07, 6.45) is 0.517. The number of aliphatic imine (C=N–C) groups is 1. The predicted molar refractivity (Wildman–Crippen MR) is 166 cm³/mol. The minimum Gasteiger partial charge on any atom is -0.494 e. The Morgan fingerprint density at radius 3 is 2.51 bits per heavy atom. The van der Waals surface area contributed by atoms with Crippen molar-refractivity contribution in [3.63, 3.8) is 0 Å². The number of hydrogen-bond acceptors (Lipinski definition) is 7. The molecular weight excluding hydrogens is 546 g/mol. The van der Waals surface area contributed by atoms with E-state index in [1.165, 1.54) is 5.06 Å². The Kier molecular flexibility index (Phi) is 9.20. The molecule has 1 amide bonds. The molecular formula is C33H37N5O5. The lowest BCUT2D eigenvalue weighted by molar-refractivity contribution is -0.110. The van der Waals surface area contributed by atoms with Gasteiger partial charge in [-0.15, -0.1) is 0 Å². The van der Waals surface area contributed by atoms with E-state index in [4.69, 9.17) is 9.83 Å². The summed E-state index contributed by atoms with van der Waals surface area (Å²) in [6, 6.07) is 20.1. The largest absolute Gasteiger partial charge is 0.494 e. The molecule has 0 radical (unpaired) electrons. The molecule has 43 heavy (non-hydrogen) atoms. The number of aromatic carboxylic acids is 1. The number of rotatable bonds is 10. The quantitative estimate of drug-likeness (QED) is 0.159. The number of aromatic amines is 1. The molecule has 224 valence electrons. The lowest BCUT2D eigenvalue weighted by Gasteiger charge is -2.31. The van der Waals surface area contributed by atoms with Gasteiger partial charge in [-0.1, -0.05) is 37.3 Å². The Hall–Kier alpha value is -4.51. The number of benzene rings is 3. The van der Waals surface area contributed by atoms with Crippen molar-refractivity contribution in [2.45, 2.75) is 26.3 Å². The maximum absolute atomic E-state index is 13.0. The van der Waals surface area contributed by atoms with Gasteiger partial charge in [0, 0.05) is 61.3 Å². The Bertz CT molecular complexity index is 1630. The highest BCUT2D eigenvalue weighted by Gasteiger charge is 2.22. The zero-order chi connectivity index (χ0) is 30.5. The molecule has 10 heteroatoms. The van der Waals surface area contributed by atoms with Gasteiger partial charge in [-0.3, -0.25) is 14.5 Å². The molecule has 1 aliphatic rings. The van der Waals surface area contributed by atoms with Gasteiger partial charge in [0.05, 0.1) is 29.1 Å². The van der Waals surface area contributed by atoms with Crippen LogP contribution in [-0.4, -0.2) is 88.6 Å². The Balaban J connectivity index is 1.40. The van der Waals surface area contributed by atoms with E-state index in [-0.39, 0.29) is 17.4 Å². The average Bonchev–Trinajstić information content (AvgIpc) is 3.33. The molecule has 5 rings (SSSR count). The second-order valence-corrected chi connectivity index (χ2v) is 10.7. The predicted octanol–water partition coefficient (Wildman–Crippen LogP) is 4.60. The number of fused-ring (bicyclic) bond motifs is 1. The smallest absolute Gasteiger partial charge is 0.336 e. The van der Waals surface area contributed by atoms with Crippen LogP contribution < -0.4 is 5.32 Å². The number of hydroxylamine groups is 2. The Morgan fingerprint density at radius 1 is 1.09 bits per heavy atom. The van der Waals surface area contributed by atoms with Crippen molar-refractivity contribution < 1.29 is 24.6 Å². The zero-order valence-corrected chi connectivity index (χ0v) is 24.6. The van der Waals surface area contributed by atoms with Crippen LogP contribution in [-0.2, 0) is 11.3 Å². The van der Waals surface area contributed by atoms with Gasteiger partial charge < -0.3 is 20.5 Å². The summed E-state index contributed by atoms with van der Waals surface area (Å²) in [4.78, 5) is 40.7. The van der Waals surface area contributed by atoms with Gasteiger partial charge in [0.15, 0.2) is 5.88 Å². The molecule has 1 saturated heterocycles. The molecule has 0 bridgehead atoms. The van der Waals surface area contributed by atoms with Crippen LogP contribution in [0.3, 0.4) is 0 Å². The highest BCUT2D eigenvalue weighted by atomic mass is 16.7. The highest BCUT2D eigenvalue weighted by molar-refractivity contribution is 6.22. The molecule has 10 nitrogen and oxygen atoms in total. The van der Waals surface area contributed by atoms with Crippen molar-refractivity contribution in [1.82, 2.24) is 20.3 Å². The van der Waals surface area contributed by atoms with Crippen molar-refractivity contribution in [2.75, 3.05) is 39.8 Å². The molecule has 1 fully saturated rings. The average molecular weight is 584 g/mol. The molecule has 0 aliphatic carbocycles. The summed E-state index contributed by atoms with van der Waals surface area (Å²) in [5.74, 6) is -1.39. The SMILES string of the molecule is CCc1cc2c(C(=Nc3ccc(C(=O)N(C)OCCN4CCNC(C)C4)cc3)c3ccccc3)c(O)[nH]c2cc1C(=O)O. The first kappa shape index (κ1) is 30.0. The highest BCUT2D eigenvalue weighted by Crippen LogP contribution is 2.33. The number of nitrogens with one attached hydrogen (secondary N) is 2. The van der Waals surface area contributed by atoms with Gasteiger partial charge in [0.25, 0.3) is 5.91 Å². The van der Waals surface area contributed by atoms with E-state index in [2.05, 4.69) is 22.1 Å². The molecule has 2 heterocycles. The third-order valence-electron chi connectivity index (χ3n) is 7.68. The molecule has 3 aromatic carbocycles. The first-order valence-electron chi connectivity index (χ1n) is 14.5. The molecule has 4 N–H and O–H groups in total. The van der Waals surface area contributed by atoms with E-state index in [0.29, 0.717) is 58.1 Å². The number of carboxylic acids is 1. The second kappa shape index (κ2) is 13.2. The van der Waals surface area contributed by atoms with E-state index in [0.717, 1.165) is 31.7 Å². The number of H-pyrrole nitrogens is 1. The van der Waals surface area contributed by atoms with Crippen molar-refractivity contribution in [3.8, 4) is 5.88 Å². The molecule has 0 saturated carbocycles. The number of aromatic hydroxyl groups is 1. The van der Waals surface area contributed by atoms with Crippen LogP contribution in [0, 0.1) is 0 Å². The fraction of sp³-hybridized carbons (Fsp3) is 0.303. The number of carbonyl (C=O) groups is 2. The number of carboxylic acid groups (broad SMARTS) is 1. The zero-order valence-electron chi connectivity index (χ0n) is 24.6. The second-order valence-electron chi connectivity index (χ2n) is 10.7. The van der Waals surface area contributed by atoms with Gasteiger partial charge in [-0.25, -0.2) is 14.9 Å². The van der Waals surface area contributed by atoms with Gasteiger partial charge >= 0.3 is 5.97 Å². The Morgan fingerprint density at radius 2 is 1.84 bits per heavy atom. The number of amides is 1. The first-order chi connectivity index (χ1) is 20.7. The molecule has 4 aromatic rings. The molecule has 1 aliphatic heterocycles. The maximum Gasteiger partial charge on any atom is 0.336 e. The first-order valence-corrected chi connectivity index (χ1v) is 14.5. The van der Waals surface area contributed by atoms with Crippen LogP contribution in [0.1, 0.15) is 51.3 Å². The number of carbonyl (C=O) groups excluding carboxylic acids is 1. The monoisotopic (exact) mass is 583 g/mol. The van der Waals surface area contributed by atoms with Crippen molar-refractivity contribution >= 4 is 34.2 Å². The van der Waals surface area contributed by atoms with Gasteiger partial charge in [-0.2, -0.15) is 0 Å². The summed E-state index contributed by atoms with van der Waals surface area (Å²) in [7, 11) is 1.61. The third kappa shape index (κ3) is 6.77. The van der Waals surface area contributed by atoms with Crippen LogP contribution in [0.25, 0.3) is 10.9 Å². The molecule has 1 unspecified atom stereocenters. The van der Waals surface area contributed by atoms with Crippen LogP contribution in [0.4, 0.5) is 5.69 Å². The lowest BCUT2D eigenvalue weighted by atomic mass is 9.97. The summed E-state index contributed by atoms with van der Waals surface area (Å²) < 4.78 is 0. The normalized spacial score (nSPS) is 16.0. The van der Waals surface area contributed by atoms with E-state index >= 15 is 0 Å². The fourth-order valence-electron chi connectivity index (χ4n) is 5.43. The van der Waals surface area contributed by atoms with Crippen LogP contribution in [0.15, 0.2) is 71.7 Å². The van der Waals surface area contributed by atoms with Crippen LogP contribution >= 0.6 is 0 Å². The topological polar surface area (TPSA) is 130 Å². The number of piperazine rings is 1. The number of aromatic nitrogens is 1. The van der Waals surface area contributed by atoms with Crippen molar-refractivity contribution in [1.29, 1.82) is 0 Å². The van der Waals surface area contributed by atoms with Crippen molar-refractivity contribution in [2.24, 2.45) is 4.99 Å². The van der Waals surface area contributed by atoms with Gasteiger partial charge in [-0.05, 0) is 55.3 Å². The summed E-state index contributed by atoms with van der Waals surface area (Å²) >= 11 is 0. The minimum absolute atomic E-state index is 0.108. The van der Waals surface area contributed by atoms with E-state index in [1.54, 1.807) is 43.4 Å². The summed E-state index contributed by atoms with van der Waals surface area (Å²) in [6.45, 7) is 8.07. The summed E-state index contributed by atoms with van der Waals surface area (Å²) in [5.41, 5.74) is 4.14. The fourth-order valence-corrected chi connectivity index (χ4v) is 5.43. The maximum atomic E-state index is 13.0. The third-order valence-corrected chi connectivity index (χ3v) is 7.68. The standard InChI is InChI=1S/C33H37N5O5/c1-4-22-18-27-28(19-26(22)33(41)42)36-31(39)29(27)30(23-8-6-5-7-9-23)35-25-12-10-24(11-13-25)32(40)37(3)43-17-16-38-15-14-34-21(2)20-38/h5-13,18-19,21,34,36,39H,4,14-17,20H2,1-3H3,(H,41,42). The molecule has 1 atom stereocenters. The van der Waals surface area contributed by atoms with Crippen molar-refractivity contribution in [3.05, 3.63) is 94.5 Å². The van der Waals surface area contributed by atoms with E-state index < -0.39 is 5.97 Å². The number of nitrogens with zero attached hydrogens (tertiary/aromatic N) is 3. The lowest BCUT2D eigenvalue weighted by Crippen LogP contribution is -2.50. The summed E-state index contributed by atoms with van der Waals surface area (Å²) in [5, 5.41) is 26.1. The van der Waals surface area contributed by atoms with Gasteiger partial charge in [0.2, 0.25) is 0 Å². The number of hydrogen-bond donors (Lipinski definition) is 4. The van der Waals surface area contributed by atoms with Crippen LogP contribution in [0.2, 0.25) is 0 Å². The Labute approximate surface area is 250 Å². The molecule has 0 spiro atoms. The van der Waals surface area contributed by atoms with E-state index in [1.807, 2.05) is 37.3 Å².